The fourth-order valence-electron chi connectivity index (χ4n) is 7.73. The first-order valence-electron chi connectivity index (χ1n) is 27.6. The van der Waals surface area contributed by atoms with E-state index in [0.29, 0.717) is 57.6 Å². The van der Waals surface area contributed by atoms with Crippen molar-refractivity contribution in [1.29, 1.82) is 0 Å². The Hall–Kier alpha value is -2.89. The zero-order valence-corrected chi connectivity index (χ0v) is 44.2. The molecular weight excluding hydrogens is 851 g/mol. The van der Waals surface area contributed by atoms with Gasteiger partial charge in [0.1, 0.15) is 32.5 Å². The molecule has 0 N–H and O–H groups in total. The number of carbonyl (C=O) groups is 5. The van der Waals surface area contributed by atoms with Crippen molar-refractivity contribution in [1.82, 2.24) is 4.90 Å². The van der Waals surface area contributed by atoms with Gasteiger partial charge in [-0.1, -0.05) is 163 Å². The molecule has 0 fully saturated rings. The van der Waals surface area contributed by atoms with Gasteiger partial charge >= 0.3 is 30.0 Å². The number of hydrogen-bond acceptors (Lipinski definition) is 12. The molecule has 0 amide bonds. The Morgan fingerprint density at radius 1 is 0.388 bits per heavy atom. The van der Waals surface area contributed by atoms with Crippen LogP contribution in [0.25, 0.3) is 0 Å². The smallest absolute Gasteiger partial charge is 0.466 e. The maximum absolute atomic E-state index is 12.8. The molecule has 67 heavy (non-hydrogen) atoms. The van der Waals surface area contributed by atoms with Gasteiger partial charge in [0.05, 0.1) is 12.5 Å². The van der Waals surface area contributed by atoms with Crippen molar-refractivity contribution in [2.75, 3.05) is 53.2 Å². The molecule has 1 atom stereocenters. The predicted molar refractivity (Wildman–Crippen MR) is 270 cm³/mol. The maximum Gasteiger partial charge on any atom is 0.508 e. The van der Waals surface area contributed by atoms with E-state index in [1.165, 1.54) is 103 Å². The van der Waals surface area contributed by atoms with Crippen molar-refractivity contribution in [3.63, 3.8) is 0 Å². The van der Waals surface area contributed by atoms with Gasteiger partial charge in [-0.2, -0.15) is 0 Å². The summed E-state index contributed by atoms with van der Waals surface area (Å²) in [5.41, 5.74) is 0. The molecule has 0 aliphatic carbocycles. The van der Waals surface area contributed by atoms with Gasteiger partial charge in [-0.05, 0) is 83.7 Å². The van der Waals surface area contributed by atoms with Crippen molar-refractivity contribution in [3.05, 3.63) is 0 Å². The average Bonchev–Trinajstić information content (AvgIpc) is 3.30. The molecule has 0 bridgehead atoms. The van der Waals surface area contributed by atoms with Crippen LogP contribution in [0.5, 0.6) is 0 Å². The highest BCUT2D eigenvalue weighted by Crippen LogP contribution is 2.19. The van der Waals surface area contributed by atoms with Crippen molar-refractivity contribution in [3.8, 4) is 0 Å². The van der Waals surface area contributed by atoms with E-state index >= 15 is 0 Å². The average molecular weight is 954 g/mol. The van der Waals surface area contributed by atoms with Crippen LogP contribution in [0.3, 0.4) is 0 Å². The second-order valence-corrected chi connectivity index (χ2v) is 19.5. The molecule has 0 aliphatic rings. The molecule has 0 saturated carbocycles. The van der Waals surface area contributed by atoms with Gasteiger partial charge in [-0.25, -0.2) is 4.79 Å². The lowest BCUT2D eigenvalue weighted by Crippen LogP contribution is -2.28. The number of ether oxygens (including phenoxy) is 6. The third-order valence-corrected chi connectivity index (χ3v) is 12.3. The maximum atomic E-state index is 12.8. The van der Waals surface area contributed by atoms with E-state index in [2.05, 4.69) is 39.5 Å². The number of unbranched alkanes of at least 4 members (excludes halogenated alkanes) is 22. The zero-order valence-electron chi connectivity index (χ0n) is 44.2. The van der Waals surface area contributed by atoms with E-state index in [9.17, 15) is 24.0 Å². The molecule has 12 heteroatoms. The first-order valence-corrected chi connectivity index (χ1v) is 27.6. The van der Waals surface area contributed by atoms with Crippen LogP contribution in [0, 0.1) is 11.8 Å². The number of esters is 4. The summed E-state index contributed by atoms with van der Waals surface area (Å²) in [4.78, 5) is 64.8. The third kappa shape index (κ3) is 46.6. The van der Waals surface area contributed by atoms with Gasteiger partial charge in [0.25, 0.3) is 0 Å². The standard InChI is InChI=1S/C55H103NO11/c1-7-10-13-16-19-20-25-33-43-62-51(57)36-31-26-32-38-53(59)65-46-49(47-66-55(61)63-44-42-56(6)41-40-48(4)5)45-64-52(58)37-29-23-24-30-39-54(60)67-50(34-27-21-17-14-11-8-2)35-28-22-18-15-12-9-3/h48-50H,7-47H2,1-6H3. The van der Waals surface area contributed by atoms with Gasteiger partial charge in [0, 0.05) is 32.2 Å². The molecule has 0 spiro atoms. The van der Waals surface area contributed by atoms with Gasteiger partial charge in [0.15, 0.2) is 0 Å². The lowest BCUT2D eigenvalue weighted by Gasteiger charge is -2.19. The van der Waals surface area contributed by atoms with Crippen LogP contribution in [-0.4, -0.2) is 94.2 Å². The molecule has 0 rings (SSSR count). The van der Waals surface area contributed by atoms with Gasteiger partial charge < -0.3 is 33.3 Å². The number of nitrogens with zero attached hydrogens (tertiary/aromatic N) is 1. The lowest BCUT2D eigenvalue weighted by atomic mass is 10.0. The largest absolute Gasteiger partial charge is 0.508 e. The van der Waals surface area contributed by atoms with Crippen molar-refractivity contribution in [2.24, 2.45) is 11.8 Å². The first-order chi connectivity index (χ1) is 32.5. The van der Waals surface area contributed by atoms with Gasteiger partial charge in [-0.3, -0.25) is 19.2 Å². The quantitative estimate of drug-likeness (QED) is 0.0325. The minimum absolute atomic E-state index is 0.0113. The lowest BCUT2D eigenvalue weighted by molar-refractivity contribution is -0.151. The van der Waals surface area contributed by atoms with Crippen LogP contribution in [0.2, 0.25) is 0 Å². The highest BCUT2D eigenvalue weighted by molar-refractivity contribution is 5.70. The van der Waals surface area contributed by atoms with Gasteiger partial charge in [-0.15, -0.1) is 0 Å². The highest BCUT2D eigenvalue weighted by Gasteiger charge is 2.19. The first kappa shape index (κ1) is 64.1. The molecule has 0 aromatic carbocycles. The summed E-state index contributed by atoms with van der Waals surface area (Å²) in [6.45, 7) is 12.8. The van der Waals surface area contributed by atoms with Crippen LogP contribution in [0.1, 0.15) is 253 Å². The molecule has 0 heterocycles. The Balaban J connectivity index is 4.69. The van der Waals surface area contributed by atoms with Crippen molar-refractivity contribution < 1.29 is 52.4 Å². The Morgan fingerprint density at radius 3 is 1.25 bits per heavy atom. The number of likely N-dealkylation sites (N-methyl/N-ethyl adjacent to an activating group) is 1. The van der Waals surface area contributed by atoms with E-state index in [0.717, 1.165) is 70.8 Å². The molecule has 0 aromatic heterocycles. The minimum atomic E-state index is -0.828. The van der Waals surface area contributed by atoms with Crippen LogP contribution < -0.4 is 0 Å². The third-order valence-electron chi connectivity index (χ3n) is 12.3. The Bertz CT molecular complexity index is 1170. The number of hydrogen-bond donors (Lipinski definition) is 0. The second-order valence-electron chi connectivity index (χ2n) is 19.5. The molecule has 0 radical (unpaired) electrons. The topological polar surface area (TPSA) is 144 Å². The van der Waals surface area contributed by atoms with Crippen LogP contribution in [0.15, 0.2) is 0 Å². The normalized spacial score (nSPS) is 11.8. The molecule has 0 saturated heterocycles. The van der Waals surface area contributed by atoms with E-state index < -0.39 is 18.0 Å². The summed E-state index contributed by atoms with van der Waals surface area (Å²) in [6, 6.07) is 0. The van der Waals surface area contributed by atoms with Gasteiger partial charge in [0.2, 0.25) is 0 Å². The number of rotatable bonds is 49. The summed E-state index contributed by atoms with van der Waals surface area (Å²) in [6.07, 6.45) is 32.3. The summed E-state index contributed by atoms with van der Waals surface area (Å²) < 4.78 is 33.0. The fourth-order valence-corrected chi connectivity index (χ4v) is 7.73. The molecule has 394 valence electrons. The zero-order chi connectivity index (χ0) is 49.4. The fraction of sp³-hybridized carbons (Fsp3) is 0.909. The molecule has 1 unspecified atom stereocenters. The summed E-state index contributed by atoms with van der Waals surface area (Å²) in [5.74, 6) is -1.09. The summed E-state index contributed by atoms with van der Waals surface area (Å²) >= 11 is 0. The van der Waals surface area contributed by atoms with Crippen molar-refractivity contribution >= 4 is 30.0 Å². The summed E-state index contributed by atoms with van der Waals surface area (Å²) in [5, 5.41) is 0. The Morgan fingerprint density at radius 2 is 0.776 bits per heavy atom. The Labute approximate surface area is 410 Å². The van der Waals surface area contributed by atoms with E-state index in [-0.39, 0.29) is 63.3 Å². The molecular formula is C55H103NO11. The Kier molecular flexibility index (Phi) is 46.1. The number of carbonyl (C=O) groups excluding carboxylic acids is 5. The van der Waals surface area contributed by atoms with Crippen molar-refractivity contribution in [2.45, 2.75) is 259 Å². The molecule has 12 nitrogen and oxygen atoms in total. The van der Waals surface area contributed by atoms with Crippen LogP contribution in [-0.2, 0) is 47.6 Å². The summed E-state index contributed by atoms with van der Waals surface area (Å²) in [7, 11) is 1.98. The van der Waals surface area contributed by atoms with Crippen LogP contribution in [0.4, 0.5) is 4.79 Å². The minimum Gasteiger partial charge on any atom is -0.466 e. The van der Waals surface area contributed by atoms with E-state index in [1.54, 1.807) is 0 Å². The molecule has 0 aliphatic heterocycles. The van der Waals surface area contributed by atoms with Crippen LogP contribution >= 0.6 is 0 Å². The molecule has 0 aromatic rings. The SMILES string of the molecule is CCCCCCCCCCOC(=O)CCCCCC(=O)OCC(COC(=O)CCCCCCC(=O)OC(CCCCCCCC)CCCCCCCC)COC(=O)OCCN(C)CCC(C)C. The second kappa shape index (κ2) is 48.1. The van der Waals surface area contributed by atoms with E-state index in [1.807, 2.05) is 7.05 Å². The highest BCUT2D eigenvalue weighted by atomic mass is 16.7. The monoisotopic (exact) mass is 954 g/mol. The predicted octanol–water partition coefficient (Wildman–Crippen LogP) is 14.2. The van der Waals surface area contributed by atoms with E-state index in [4.69, 9.17) is 28.4 Å².